The van der Waals surface area contributed by atoms with Gasteiger partial charge in [-0.1, -0.05) is 53.8 Å². The molecule has 3 aromatic carbocycles. The van der Waals surface area contributed by atoms with Gasteiger partial charge in [0, 0.05) is 10.6 Å². The number of nitrogens with zero attached hydrogens (tertiary/aromatic N) is 2. The van der Waals surface area contributed by atoms with Gasteiger partial charge in [-0.15, -0.1) is 0 Å². The smallest absolute Gasteiger partial charge is 0.301 e. The third-order valence-corrected chi connectivity index (χ3v) is 7.40. The molecule has 0 spiro atoms. The van der Waals surface area contributed by atoms with Gasteiger partial charge in [-0.2, -0.15) is 0 Å². The molecule has 0 saturated carbocycles. The topological polar surface area (TPSA) is 79.7 Å². The third-order valence-electron chi connectivity index (χ3n) is 6.15. The predicted octanol–water partition coefficient (Wildman–Crippen LogP) is 6.76. The first kappa shape index (κ1) is 24.7. The number of ketones is 1. The molecule has 6 nitrogen and oxygen atoms in total. The normalized spacial score (nSPS) is 16.9. The van der Waals surface area contributed by atoms with E-state index in [0.717, 1.165) is 21.3 Å². The molecule has 1 fully saturated rings. The van der Waals surface area contributed by atoms with E-state index < -0.39 is 17.7 Å². The van der Waals surface area contributed by atoms with E-state index in [-0.39, 0.29) is 11.3 Å². The molecule has 37 heavy (non-hydrogen) atoms. The average molecular weight is 531 g/mol. The summed E-state index contributed by atoms with van der Waals surface area (Å²) in [6.45, 7) is 7.97. The number of hydrogen-bond donors (Lipinski definition) is 1. The van der Waals surface area contributed by atoms with Crippen molar-refractivity contribution in [3.63, 3.8) is 0 Å². The van der Waals surface area contributed by atoms with E-state index in [1.54, 1.807) is 54.6 Å². The number of aliphatic hydroxyl groups excluding tert-OH is 1. The Labute approximate surface area is 223 Å². The van der Waals surface area contributed by atoms with Gasteiger partial charge < -0.3 is 9.84 Å². The van der Waals surface area contributed by atoms with E-state index in [9.17, 15) is 14.7 Å². The summed E-state index contributed by atoms with van der Waals surface area (Å²) in [5.41, 5.74) is 3.84. The van der Waals surface area contributed by atoms with Gasteiger partial charge in [-0.25, -0.2) is 4.98 Å². The Balaban J connectivity index is 1.69. The number of hydrogen-bond acceptors (Lipinski definition) is 6. The van der Waals surface area contributed by atoms with Crippen LogP contribution in [0.1, 0.15) is 28.3 Å². The maximum atomic E-state index is 13.5. The summed E-state index contributed by atoms with van der Waals surface area (Å²) in [7, 11) is 0. The zero-order valence-electron chi connectivity index (χ0n) is 20.2. The molecular weight excluding hydrogens is 508 g/mol. The fourth-order valence-corrected chi connectivity index (χ4v) is 5.77. The van der Waals surface area contributed by atoms with Gasteiger partial charge in [0.15, 0.2) is 5.13 Å². The Bertz CT molecular complexity index is 1570. The molecule has 0 bridgehead atoms. The van der Waals surface area contributed by atoms with E-state index in [1.165, 1.54) is 16.2 Å². The summed E-state index contributed by atoms with van der Waals surface area (Å²) in [6.07, 6.45) is 1.64. The number of halogens is 1. The number of carbonyl (C=O) groups is 2. The second-order valence-electron chi connectivity index (χ2n) is 8.77. The van der Waals surface area contributed by atoms with Crippen LogP contribution in [0.25, 0.3) is 16.0 Å². The molecule has 1 aromatic heterocycles. The van der Waals surface area contributed by atoms with Crippen LogP contribution in [0, 0.1) is 13.8 Å². The highest BCUT2D eigenvalue weighted by Gasteiger charge is 2.48. The fourth-order valence-electron chi connectivity index (χ4n) is 4.47. The van der Waals surface area contributed by atoms with E-state index in [0.29, 0.717) is 33.6 Å². The standard InChI is InChI=1S/C29H23ClN2O4S/c1-4-13-36-21-11-7-18(8-12-21)25-23(26(33)19-5-9-20(30)10-6-19)27(34)28(35)32(25)29-31-24-17(3)14-16(2)15-22(24)37-29/h4-12,14-15,25,33H,1,13H2,2-3H3. The molecule has 1 saturated heterocycles. The number of Topliss-reactive ketones (excluding diaryl/α,β-unsaturated/α-hetero) is 1. The SMILES string of the molecule is C=CCOc1ccc(C2C(=C(O)c3ccc(Cl)cc3)C(=O)C(=O)N2c2nc3c(C)cc(C)cc3s2)cc1. The van der Waals surface area contributed by atoms with Crippen LogP contribution in [0.15, 0.2) is 78.9 Å². The molecule has 5 rings (SSSR count). The van der Waals surface area contributed by atoms with Gasteiger partial charge in [-0.05, 0) is 73.0 Å². The minimum atomic E-state index is -0.883. The number of aromatic nitrogens is 1. The lowest BCUT2D eigenvalue weighted by Crippen LogP contribution is -2.29. The summed E-state index contributed by atoms with van der Waals surface area (Å²) in [4.78, 5) is 33.0. The molecule has 1 aliphatic rings. The van der Waals surface area contributed by atoms with Crippen molar-refractivity contribution >= 4 is 55.7 Å². The number of benzene rings is 3. The molecule has 2 heterocycles. The Morgan fingerprint density at radius 1 is 1.14 bits per heavy atom. The molecule has 8 heteroatoms. The van der Waals surface area contributed by atoms with Gasteiger partial charge in [-0.3, -0.25) is 14.5 Å². The van der Waals surface area contributed by atoms with Crippen LogP contribution in [0.4, 0.5) is 5.13 Å². The number of thiazole rings is 1. The highest BCUT2D eigenvalue weighted by Crippen LogP contribution is 2.45. The number of fused-ring (bicyclic) bond motifs is 1. The molecule has 0 radical (unpaired) electrons. The highest BCUT2D eigenvalue weighted by molar-refractivity contribution is 7.22. The molecule has 1 aliphatic heterocycles. The fraction of sp³-hybridized carbons (Fsp3) is 0.138. The van der Waals surface area contributed by atoms with Gasteiger partial charge in [0.1, 0.15) is 18.1 Å². The monoisotopic (exact) mass is 530 g/mol. The predicted molar refractivity (Wildman–Crippen MR) is 147 cm³/mol. The zero-order chi connectivity index (χ0) is 26.3. The number of aliphatic hydroxyl groups is 1. The summed E-state index contributed by atoms with van der Waals surface area (Å²) in [5, 5.41) is 12.1. The number of anilines is 1. The van der Waals surface area contributed by atoms with Crippen LogP contribution in [0.2, 0.25) is 5.02 Å². The maximum absolute atomic E-state index is 13.5. The molecule has 186 valence electrons. The average Bonchev–Trinajstić information content (AvgIpc) is 3.41. The number of ether oxygens (including phenoxy) is 1. The quantitative estimate of drug-likeness (QED) is 0.129. The van der Waals surface area contributed by atoms with Crippen LogP contribution in [0.5, 0.6) is 5.75 Å². The number of rotatable bonds is 6. The van der Waals surface area contributed by atoms with Crippen LogP contribution >= 0.6 is 22.9 Å². The van der Waals surface area contributed by atoms with E-state index in [1.807, 2.05) is 26.0 Å². The van der Waals surface area contributed by atoms with E-state index >= 15 is 0 Å². The Kier molecular flexibility index (Phi) is 6.58. The molecule has 1 N–H and O–H groups in total. The van der Waals surface area contributed by atoms with Crippen molar-refractivity contribution in [2.24, 2.45) is 0 Å². The molecule has 1 unspecified atom stereocenters. The second-order valence-corrected chi connectivity index (χ2v) is 10.2. The molecule has 0 aliphatic carbocycles. The van der Waals surface area contributed by atoms with Crippen LogP contribution in [-0.4, -0.2) is 28.4 Å². The van der Waals surface area contributed by atoms with Gasteiger partial charge in [0.05, 0.1) is 21.8 Å². The molecule has 4 aromatic rings. The van der Waals surface area contributed by atoms with E-state index in [2.05, 4.69) is 6.58 Å². The van der Waals surface area contributed by atoms with Crippen molar-refractivity contribution in [3.05, 3.63) is 106 Å². The van der Waals surface area contributed by atoms with Gasteiger partial charge in [0.25, 0.3) is 5.78 Å². The Morgan fingerprint density at radius 3 is 2.51 bits per heavy atom. The van der Waals surface area contributed by atoms with Crippen LogP contribution in [-0.2, 0) is 9.59 Å². The molecule has 1 amide bonds. The minimum Gasteiger partial charge on any atom is -0.507 e. The summed E-state index contributed by atoms with van der Waals surface area (Å²) >= 11 is 7.35. The molecule has 1 atom stereocenters. The second kappa shape index (κ2) is 9.84. The summed E-state index contributed by atoms with van der Waals surface area (Å²) < 4.78 is 6.51. The van der Waals surface area contributed by atoms with Crippen molar-refractivity contribution in [2.45, 2.75) is 19.9 Å². The summed E-state index contributed by atoms with van der Waals surface area (Å²) in [6, 6.07) is 16.7. The third kappa shape index (κ3) is 4.52. The lowest BCUT2D eigenvalue weighted by molar-refractivity contribution is -0.132. The lowest BCUT2D eigenvalue weighted by Gasteiger charge is -2.23. The first-order chi connectivity index (χ1) is 17.8. The van der Waals surface area contributed by atoms with Crippen LogP contribution < -0.4 is 9.64 Å². The number of amides is 1. The van der Waals surface area contributed by atoms with Crippen LogP contribution in [0.3, 0.4) is 0 Å². The number of aryl methyl sites for hydroxylation is 2. The first-order valence-corrected chi connectivity index (χ1v) is 12.8. The van der Waals surface area contributed by atoms with Crippen molar-refractivity contribution in [3.8, 4) is 5.75 Å². The first-order valence-electron chi connectivity index (χ1n) is 11.6. The van der Waals surface area contributed by atoms with Crippen molar-refractivity contribution < 1.29 is 19.4 Å². The Morgan fingerprint density at radius 2 is 1.84 bits per heavy atom. The van der Waals surface area contributed by atoms with Gasteiger partial charge in [0.2, 0.25) is 0 Å². The minimum absolute atomic E-state index is 0.0146. The van der Waals surface area contributed by atoms with Crippen molar-refractivity contribution in [2.75, 3.05) is 11.5 Å². The lowest BCUT2D eigenvalue weighted by atomic mass is 9.95. The van der Waals surface area contributed by atoms with Gasteiger partial charge >= 0.3 is 5.91 Å². The largest absolute Gasteiger partial charge is 0.507 e. The van der Waals surface area contributed by atoms with Crippen molar-refractivity contribution in [1.82, 2.24) is 4.98 Å². The highest BCUT2D eigenvalue weighted by atomic mass is 35.5. The number of carbonyl (C=O) groups excluding carboxylic acids is 2. The maximum Gasteiger partial charge on any atom is 0.301 e. The zero-order valence-corrected chi connectivity index (χ0v) is 21.8. The Hall–Kier alpha value is -3.94. The van der Waals surface area contributed by atoms with E-state index in [4.69, 9.17) is 21.3 Å². The molecular formula is C29H23ClN2O4S. The summed E-state index contributed by atoms with van der Waals surface area (Å²) in [5.74, 6) is -1.19. The van der Waals surface area contributed by atoms with Crippen molar-refractivity contribution in [1.29, 1.82) is 0 Å².